The molecule has 0 radical (unpaired) electrons. The molecule has 0 aliphatic heterocycles. The summed E-state index contributed by atoms with van der Waals surface area (Å²) in [6, 6.07) is 13.1. The van der Waals surface area contributed by atoms with Gasteiger partial charge < -0.3 is 15.8 Å². The molecule has 2 aromatic carbocycles. The second-order valence-corrected chi connectivity index (χ2v) is 11.4. The molecule has 1 heterocycles. The molecule has 0 saturated carbocycles. The van der Waals surface area contributed by atoms with Crippen molar-refractivity contribution in [3.8, 4) is 11.3 Å². The standard InChI is InChI=1S/C29H36Cl2N4O2/c1-18(2)14-25(28(36)37-29(3,4)5)33-16-19-8-6-9-20(15-19)26-17-34-27(32)24(35-26)13-12-21-22(30)10-7-11-23(21)31/h6-11,15,17-18,25,33H,12-14,16H2,1-5H3,(H2,32,34)/t25-/m0/s1. The number of nitrogens with two attached hydrogens (primary N) is 1. The Labute approximate surface area is 230 Å². The van der Waals surface area contributed by atoms with Crippen molar-refractivity contribution in [3.63, 3.8) is 0 Å². The number of anilines is 1. The Bertz CT molecular complexity index is 1200. The molecule has 6 nitrogen and oxygen atoms in total. The summed E-state index contributed by atoms with van der Waals surface area (Å²) in [5.41, 5.74) is 9.83. The smallest absolute Gasteiger partial charge is 0.323 e. The van der Waals surface area contributed by atoms with E-state index >= 15 is 0 Å². The Morgan fingerprint density at radius 2 is 1.76 bits per heavy atom. The number of carbonyl (C=O) groups is 1. The average Bonchev–Trinajstić information content (AvgIpc) is 2.81. The number of nitrogens with zero attached hydrogens (tertiary/aromatic N) is 2. The van der Waals surface area contributed by atoms with Gasteiger partial charge in [-0.1, -0.05) is 61.3 Å². The molecule has 1 aromatic heterocycles. The fourth-order valence-electron chi connectivity index (χ4n) is 3.96. The van der Waals surface area contributed by atoms with E-state index in [1.54, 1.807) is 6.20 Å². The van der Waals surface area contributed by atoms with E-state index < -0.39 is 5.60 Å². The predicted octanol–water partition coefficient (Wildman–Crippen LogP) is 6.66. The summed E-state index contributed by atoms with van der Waals surface area (Å²) in [6.45, 7) is 10.3. The van der Waals surface area contributed by atoms with Crippen LogP contribution < -0.4 is 11.1 Å². The SMILES string of the molecule is CC(C)C[C@H](NCc1cccc(-c2cnc(N)c(CCc3c(Cl)cccc3Cl)n2)c1)C(=O)OC(C)(C)C. The van der Waals surface area contributed by atoms with Crippen LogP contribution in [0.4, 0.5) is 5.82 Å². The van der Waals surface area contributed by atoms with Crippen LogP contribution >= 0.6 is 23.2 Å². The van der Waals surface area contributed by atoms with E-state index in [0.29, 0.717) is 53.3 Å². The molecule has 0 aliphatic rings. The molecule has 0 unspecified atom stereocenters. The molecule has 0 amide bonds. The van der Waals surface area contributed by atoms with Crippen LogP contribution in [-0.2, 0) is 28.9 Å². The first kappa shape index (κ1) is 28.9. The van der Waals surface area contributed by atoms with Crippen LogP contribution in [-0.4, -0.2) is 27.6 Å². The van der Waals surface area contributed by atoms with Crippen LogP contribution in [0.5, 0.6) is 0 Å². The summed E-state index contributed by atoms with van der Waals surface area (Å²) in [4.78, 5) is 21.9. The highest BCUT2D eigenvalue weighted by atomic mass is 35.5. The zero-order chi connectivity index (χ0) is 27.2. The molecule has 3 N–H and O–H groups in total. The third-order valence-electron chi connectivity index (χ3n) is 5.72. The van der Waals surface area contributed by atoms with E-state index in [9.17, 15) is 4.79 Å². The topological polar surface area (TPSA) is 90.1 Å². The number of aryl methyl sites for hydroxylation is 1. The summed E-state index contributed by atoms with van der Waals surface area (Å²) in [7, 11) is 0. The number of benzene rings is 2. The normalized spacial score (nSPS) is 12.5. The Hall–Kier alpha value is -2.67. The van der Waals surface area contributed by atoms with Gasteiger partial charge in [-0.2, -0.15) is 0 Å². The third kappa shape index (κ3) is 8.70. The van der Waals surface area contributed by atoms with Crippen LogP contribution in [0.25, 0.3) is 11.3 Å². The van der Waals surface area contributed by atoms with Gasteiger partial charge in [-0.25, -0.2) is 9.97 Å². The lowest BCUT2D eigenvalue weighted by Crippen LogP contribution is -2.41. The lowest BCUT2D eigenvalue weighted by molar-refractivity contribution is -0.158. The maximum atomic E-state index is 12.7. The molecule has 0 spiro atoms. The molecule has 0 aliphatic carbocycles. The van der Waals surface area contributed by atoms with Gasteiger partial charge in [0.05, 0.1) is 17.6 Å². The zero-order valence-corrected chi connectivity index (χ0v) is 23.7. The summed E-state index contributed by atoms with van der Waals surface area (Å²) in [6.07, 6.45) is 3.53. The van der Waals surface area contributed by atoms with Gasteiger partial charge in [0, 0.05) is 22.2 Å². The summed E-state index contributed by atoms with van der Waals surface area (Å²) in [5.74, 6) is 0.504. The predicted molar refractivity (Wildman–Crippen MR) is 152 cm³/mol. The number of aromatic nitrogens is 2. The molecule has 0 bridgehead atoms. The first-order chi connectivity index (χ1) is 17.4. The quantitative estimate of drug-likeness (QED) is 0.278. The number of halogens is 2. The van der Waals surface area contributed by atoms with Gasteiger partial charge in [0.1, 0.15) is 17.5 Å². The van der Waals surface area contributed by atoms with Crippen molar-refractivity contribution in [2.75, 3.05) is 5.73 Å². The summed E-state index contributed by atoms with van der Waals surface area (Å²) >= 11 is 12.6. The van der Waals surface area contributed by atoms with E-state index in [2.05, 4.69) is 24.1 Å². The highest BCUT2D eigenvalue weighted by Crippen LogP contribution is 2.27. The van der Waals surface area contributed by atoms with Crippen molar-refractivity contribution in [1.82, 2.24) is 15.3 Å². The van der Waals surface area contributed by atoms with Gasteiger partial charge in [0.2, 0.25) is 0 Å². The van der Waals surface area contributed by atoms with E-state index in [-0.39, 0.29) is 12.0 Å². The first-order valence-corrected chi connectivity index (χ1v) is 13.3. The minimum absolute atomic E-state index is 0.231. The number of hydrogen-bond acceptors (Lipinski definition) is 6. The van der Waals surface area contributed by atoms with E-state index in [4.69, 9.17) is 38.7 Å². The van der Waals surface area contributed by atoms with Crippen LogP contribution in [0.3, 0.4) is 0 Å². The van der Waals surface area contributed by atoms with Gasteiger partial charge in [-0.3, -0.25) is 4.79 Å². The van der Waals surface area contributed by atoms with E-state index in [1.807, 2.05) is 63.2 Å². The fraction of sp³-hybridized carbons (Fsp3) is 0.414. The van der Waals surface area contributed by atoms with Crippen LogP contribution in [0.15, 0.2) is 48.7 Å². The maximum Gasteiger partial charge on any atom is 0.323 e. The van der Waals surface area contributed by atoms with Gasteiger partial charge in [-0.15, -0.1) is 0 Å². The first-order valence-electron chi connectivity index (χ1n) is 12.5. The summed E-state index contributed by atoms with van der Waals surface area (Å²) in [5, 5.41) is 4.63. The van der Waals surface area contributed by atoms with Crippen molar-refractivity contribution in [2.45, 2.75) is 72.1 Å². The van der Waals surface area contributed by atoms with Crippen molar-refractivity contribution in [2.24, 2.45) is 5.92 Å². The average molecular weight is 544 g/mol. The molecule has 3 rings (SSSR count). The Morgan fingerprint density at radius 1 is 1.08 bits per heavy atom. The number of nitrogen functional groups attached to an aromatic ring is 1. The van der Waals surface area contributed by atoms with Gasteiger partial charge >= 0.3 is 5.97 Å². The molecule has 37 heavy (non-hydrogen) atoms. The second kappa shape index (κ2) is 12.7. The number of nitrogens with one attached hydrogen (secondary N) is 1. The molecular weight excluding hydrogens is 507 g/mol. The number of carbonyl (C=O) groups excluding carboxylic acids is 1. The van der Waals surface area contributed by atoms with E-state index in [1.165, 1.54) is 0 Å². The van der Waals surface area contributed by atoms with Crippen LogP contribution in [0.1, 0.15) is 57.9 Å². The zero-order valence-electron chi connectivity index (χ0n) is 22.1. The highest BCUT2D eigenvalue weighted by molar-refractivity contribution is 6.36. The van der Waals surface area contributed by atoms with Gasteiger partial charge in [-0.05, 0) is 75.3 Å². The minimum atomic E-state index is -0.531. The molecule has 1 atom stereocenters. The van der Waals surface area contributed by atoms with Crippen LogP contribution in [0, 0.1) is 5.92 Å². The second-order valence-electron chi connectivity index (χ2n) is 10.6. The Kier molecular flexibility index (Phi) is 9.93. The van der Waals surface area contributed by atoms with Gasteiger partial charge in [0.15, 0.2) is 0 Å². The lowest BCUT2D eigenvalue weighted by atomic mass is 10.0. The number of hydrogen-bond donors (Lipinski definition) is 2. The van der Waals surface area contributed by atoms with Gasteiger partial charge in [0.25, 0.3) is 0 Å². The fourth-order valence-corrected chi connectivity index (χ4v) is 4.55. The minimum Gasteiger partial charge on any atom is -0.459 e. The molecule has 3 aromatic rings. The molecular formula is C29H36Cl2N4O2. The van der Waals surface area contributed by atoms with Crippen molar-refractivity contribution in [3.05, 3.63) is 75.5 Å². The van der Waals surface area contributed by atoms with Crippen molar-refractivity contribution in [1.29, 1.82) is 0 Å². The third-order valence-corrected chi connectivity index (χ3v) is 6.43. The number of esters is 1. The maximum absolute atomic E-state index is 12.7. The van der Waals surface area contributed by atoms with Crippen molar-refractivity contribution < 1.29 is 9.53 Å². The van der Waals surface area contributed by atoms with E-state index in [0.717, 1.165) is 22.4 Å². The van der Waals surface area contributed by atoms with Crippen molar-refractivity contribution >= 4 is 35.0 Å². The Balaban J connectivity index is 1.74. The van der Waals surface area contributed by atoms with Crippen LogP contribution in [0.2, 0.25) is 10.0 Å². The highest BCUT2D eigenvalue weighted by Gasteiger charge is 2.25. The molecule has 0 fully saturated rings. The number of ether oxygens (including phenoxy) is 1. The number of rotatable bonds is 10. The molecule has 0 saturated heterocycles. The lowest BCUT2D eigenvalue weighted by Gasteiger charge is -2.25. The monoisotopic (exact) mass is 542 g/mol. The Morgan fingerprint density at radius 3 is 2.41 bits per heavy atom. The largest absolute Gasteiger partial charge is 0.459 e. The molecule has 8 heteroatoms. The molecule has 198 valence electrons. The summed E-state index contributed by atoms with van der Waals surface area (Å²) < 4.78 is 5.63.